The molecular formula is C12H15F3N2O2. The highest BCUT2D eigenvalue weighted by atomic mass is 19.4. The van der Waals surface area contributed by atoms with E-state index in [0.29, 0.717) is 12.2 Å². The van der Waals surface area contributed by atoms with Crippen LogP contribution in [0.25, 0.3) is 0 Å². The molecule has 0 saturated heterocycles. The third-order valence-corrected chi connectivity index (χ3v) is 2.42. The van der Waals surface area contributed by atoms with Crippen LogP contribution in [-0.4, -0.2) is 32.3 Å². The van der Waals surface area contributed by atoms with Crippen molar-refractivity contribution in [2.45, 2.75) is 12.7 Å². The molecule has 0 aliphatic rings. The molecule has 0 aliphatic carbocycles. The van der Waals surface area contributed by atoms with Gasteiger partial charge in [0.15, 0.2) is 0 Å². The molecule has 1 rings (SSSR count). The summed E-state index contributed by atoms with van der Waals surface area (Å²) in [6, 6.07) is 6.83. The average molecular weight is 276 g/mol. The normalized spacial score (nSPS) is 11.4. The average Bonchev–Trinajstić information content (AvgIpc) is 2.36. The SMILES string of the molecule is CN(C(=O)COCC(F)(F)F)c1ccc(CN)cc1. The van der Waals surface area contributed by atoms with Crippen molar-refractivity contribution in [3.8, 4) is 0 Å². The molecule has 0 fully saturated rings. The Morgan fingerprint density at radius 2 is 1.89 bits per heavy atom. The van der Waals surface area contributed by atoms with Gasteiger partial charge < -0.3 is 15.4 Å². The molecule has 7 heteroatoms. The predicted octanol–water partition coefficient (Wildman–Crippen LogP) is 1.69. The number of ether oxygens (including phenoxy) is 1. The molecule has 1 amide bonds. The fourth-order valence-electron chi connectivity index (χ4n) is 1.35. The second-order valence-electron chi connectivity index (χ2n) is 3.93. The maximum absolute atomic E-state index is 11.9. The number of carbonyl (C=O) groups excluding carboxylic acids is 1. The molecule has 0 unspecified atom stereocenters. The number of alkyl halides is 3. The van der Waals surface area contributed by atoms with E-state index >= 15 is 0 Å². The summed E-state index contributed by atoms with van der Waals surface area (Å²) < 4.78 is 39.9. The molecule has 0 radical (unpaired) electrons. The van der Waals surface area contributed by atoms with Crippen LogP contribution in [0, 0.1) is 0 Å². The number of amides is 1. The molecule has 0 saturated carbocycles. The van der Waals surface area contributed by atoms with Gasteiger partial charge in [-0.1, -0.05) is 12.1 Å². The standard InChI is InChI=1S/C12H15F3N2O2/c1-17(10-4-2-9(6-16)3-5-10)11(18)7-19-8-12(13,14)15/h2-5H,6-8,16H2,1H3. The molecule has 2 N–H and O–H groups in total. The van der Waals surface area contributed by atoms with Gasteiger partial charge in [0.05, 0.1) is 0 Å². The largest absolute Gasteiger partial charge is 0.411 e. The zero-order valence-electron chi connectivity index (χ0n) is 10.4. The Morgan fingerprint density at radius 1 is 1.32 bits per heavy atom. The summed E-state index contributed by atoms with van der Waals surface area (Å²) in [6.45, 7) is -1.67. The Kier molecular flexibility index (Phi) is 5.31. The fourth-order valence-corrected chi connectivity index (χ4v) is 1.35. The smallest absolute Gasteiger partial charge is 0.362 e. The third-order valence-electron chi connectivity index (χ3n) is 2.42. The van der Waals surface area contributed by atoms with E-state index in [1.54, 1.807) is 24.3 Å². The number of rotatable bonds is 5. The lowest BCUT2D eigenvalue weighted by Crippen LogP contribution is -2.31. The Balaban J connectivity index is 2.51. The van der Waals surface area contributed by atoms with Crippen LogP contribution in [-0.2, 0) is 16.1 Å². The van der Waals surface area contributed by atoms with Crippen molar-refractivity contribution in [3.05, 3.63) is 29.8 Å². The van der Waals surface area contributed by atoms with Crippen molar-refractivity contribution in [1.82, 2.24) is 0 Å². The predicted molar refractivity (Wildman–Crippen MR) is 64.6 cm³/mol. The van der Waals surface area contributed by atoms with E-state index < -0.39 is 25.3 Å². The lowest BCUT2D eigenvalue weighted by molar-refractivity contribution is -0.175. The van der Waals surface area contributed by atoms with Crippen LogP contribution >= 0.6 is 0 Å². The number of carbonyl (C=O) groups is 1. The quantitative estimate of drug-likeness (QED) is 0.890. The first kappa shape index (κ1) is 15.5. The Bertz CT molecular complexity index is 418. The zero-order valence-corrected chi connectivity index (χ0v) is 10.4. The topological polar surface area (TPSA) is 55.6 Å². The molecule has 0 aliphatic heterocycles. The molecule has 106 valence electrons. The van der Waals surface area contributed by atoms with Gasteiger partial charge in [-0.05, 0) is 17.7 Å². The summed E-state index contributed by atoms with van der Waals surface area (Å²) in [6.07, 6.45) is -4.43. The second kappa shape index (κ2) is 6.53. The summed E-state index contributed by atoms with van der Waals surface area (Å²) >= 11 is 0. The first-order valence-corrected chi connectivity index (χ1v) is 5.53. The lowest BCUT2D eigenvalue weighted by atomic mass is 10.2. The first-order chi connectivity index (χ1) is 8.83. The van der Waals surface area contributed by atoms with Gasteiger partial charge in [0.2, 0.25) is 0 Å². The van der Waals surface area contributed by atoms with Crippen LogP contribution in [0.15, 0.2) is 24.3 Å². The molecule has 4 nitrogen and oxygen atoms in total. The molecule has 0 bridgehead atoms. The Morgan fingerprint density at radius 3 is 2.37 bits per heavy atom. The minimum Gasteiger partial charge on any atom is -0.362 e. The summed E-state index contributed by atoms with van der Waals surface area (Å²) in [5, 5.41) is 0. The van der Waals surface area contributed by atoms with Crippen molar-refractivity contribution in [1.29, 1.82) is 0 Å². The van der Waals surface area contributed by atoms with E-state index in [9.17, 15) is 18.0 Å². The van der Waals surface area contributed by atoms with Crippen molar-refractivity contribution in [2.75, 3.05) is 25.2 Å². The Hall–Kier alpha value is -1.60. The van der Waals surface area contributed by atoms with Gasteiger partial charge in [-0.15, -0.1) is 0 Å². The molecular weight excluding hydrogens is 261 g/mol. The number of benzene rings is 1. The van der Waals surface area contributed by atoms with Crippen molar-refractivity contribution in [3.63, 3.8) is 0 Å². The van der Waals surface area contributed by atoms with Gasteiger partial charge in [0.1, 0.15) is 13.2 Å². The highest BCUT2D eigenvalue weighted by Gasteiger charge is 2.28. The second-order valence-corrected chi connectivity index (χ2v) is 3.93. The van der Waals surface area contributed by atoms with Crippen LogP contribution in [0.5, 0.6) is 0 Å². The van der Waals surface area contributed by atoms with Gasteiger partial charge >= 0.3 is 6.18 Å². The molecule has 0 atom stereocenters. The van der Waals surface area contributed by atoms with Crippen LogP contribution in [0.4, 0.5) is 18.9 Å². The maximum Gasteiger partial charge on any atom is 0.411 e. The van der Waals surface area contributed by atoms with Gasteiger partial charge in [0, 0.05) is 19.3 Å². The molecule has 0 aromatic heterocycles. The molecule has 1 aromatic carbocycles. The van der Waals surface area contributed by atoms with Gasteiger partial charge in [-0.25, -0.2) is 0 Å². The molecule has 19 heavy (non-hydrogen) atoms. The third kappa shape index (κ3) is 5.27. The number of nitrogens with two attached hydrogens (primary N) is 1. The monoisotopic (exact) mass is 276 g/mol. The highest BCUT2D eigenvalue weighted by Crippen LogP contribution is 2.16. The van der Waals surface area contributed by atoms with E-state index in [2.05, 4.69) is 4.74 Å². The van der Waals surface area contributed by atoms with Gasteiger partial charge in [-0.2, -0.15) is 13.2 Å². The van der Waals surface area contributed by atoms with Crippen molar-refractivity contribution < 1.29 is 22.7 Å². The minimum absolute atomic E-state index is 0.382. The van der Waals surface area contributed by atoms with Crippen LogP contribution in [0.2, 0.25) is 0 Å². The first-order valence-electron chi connectivity index (χ1n) is 5.53. The molecule has 0 heterocycles. The lowest BCUT2D eigenvalue weighted by Gasteiger charge is -2.18. The van der Waals surface area contributed by atoms with E-state index in [1.807, 2.05) is 0 Å². The summed E-state index contributed by atoms with van der Waals surface area (Å²) in [7, 11) is 1.47. The number of anilines is 1. The maximum atomic E-state index is 11.9. The van der Waals surface area contributed by atoms with E-state index in [0.717, 1.165) is 5.56 Å². The van der Waals surface area contributed by atoms with Gasteiger partial charge in [-0.3, -0.25) is 4.79 Å². The molecule has 0 spiro atoms. The van der Waals surface area contributed by atoms with E-state index in [4.69, 9.17) is 5.73 Å². The van der Waals surface area contributed by atoms with E-state index in [-0.39, 0.29) is 0 Å². The van der Waals surface area contributed by atoms with Crippen LogP contribution < -0.4 is 10.6 Å². The number of halogens is 3. The zero-order chi connectivity index (χ0) is 14.5. The van der Waals surface area contributed by atoms with Crippen molar-refractivity contribution in [2.24, 2.45) is 5.73 Å². The van der Waals surface area contributed by atoms with Crippen molar-refractivity contribution >= 4 is 11.6 Å². The number of likely N-dealkylation sites (N-methyl/N-ethyl adjacent to an activating group) is 1. The Labute approximate surface area is 108 Å². The van der Waals surface area contributed by atoms with Crippen LogP contribution in [0.3, 0.4) is 0 Å². The number of hydrogen-bond acceptors (Lipinski definition) is 3. The minimum atomic E-state index is -4.43. The highest BCUT2D eigenvalue weighted by molar-refractivity contribution is 5.93. The van der Waals surface area contributed by atoms with Crippen LogP contribution in [0.1, 0.15) is 5.56 Å². The summed E-state index contributed by atoms with van der Waals surface area (Å²) in [5.41, 5.74) is 6.90. The molecule has 1 aromatic rings. The fraction of sp³-hybridized carbons (Fsp3) is 0.417. The summed E-state index contributed by atoms with van der Waals surface area (Å²) in [4.78, 5) is 12.8. The summed E-state index contributed by atoms with van der Waals surface area (Å²) in [5.74, 6) is -0.551. The van der Waals surface area contributed by atoms with E-state index in [1.165, 1.54) is 11.9 Å². The van der Waals surface area contributed by atoms with Gasteiger partial charge in [0.25, 0.3) is 5.91 Å². The number of hydrogen-bond donors (Lipinski definition) is 1. The number of nitrogens with zero attached hydrogens (tertiary/aromatic N) is 1.